The summed E-state index contributed by atoms with van der Waals surface area (Å²) in [5.41, 5.74) is -0.253. The first-order chi connectivity index (χ1) is 36.3. The van der Waals surface area contributed by atoms with Crippen LogP contribution in [0.4, 0.5) is 0 Å². The van der Waals surface area contributed by atoms with Gasteiger partial charge in [-0.1, -0.05) is 53.4 Å². The molecule has 0 spiro atoms. The van der Waals surface area contributed by atoms with Crippen molar-refractivity contribution in [2.45, 2.75) is 227 Å². The maximum absolute atomic E-state index is 11.2. The smallest absolute Gasteiger partial charge is 0.187 e. The Kier molecular flexibility index (Phi) is 21.0. The Bertz CT molecular complexity index is 1790. The topological polar surface area (TPSA) is 376 Å². The average molecular weight is 1100 g/mol. The normalized spacial score (nSPS) is 51.2. The molecule has 8 aliphatic rings. The average Bonchev–Trinajstić information content (AvgIpc) is 3.87. The summed E-state index contributed by atoms with van der Waals surface area (Å²) in [6.45, 7) is 6.33. The van der Waals surface area contributed by atoms with Crippen LogP contribution < -0.4 is 0 Å². The number of hydrogen-bond acceptors (Lipinski definition) is 24. The van der Waals surface area contributed by atoms with Crippen LogP contribution in [0, 0.1) is 46.3 Å². The summed E-state index contributed by atoms with van der Waals surface area (Å²) in [7, 11) is 0. The van der Waals surface area contributed by atoms with Gasteiger partial charge in [0, 0.05) is 5.41 Å². The molecule has 30 atom stereocenters. The van der Waals surface area contributed by atoms with Gasteiger partial charge in [0.25, 0.3) is 0 Å². The Morgan fingerprint density at radius 3 is 1.67 bits per heavy atom. The maximum atomic E-state index is 11.2. The van der Waals surface area contributed by atoms with Crippen LogP contribution in [0.3, 0.4) is 0 Å². The standard InChI is InChI=1S/C52H90O24/c1-5-8-23(2)25-10-11-26-35-27(16-34(52(25,26)4)68-13-14-69-48-45(66)42(63)47(32(20-56)74-48)76-50-44(65)40(61)37(58)30(18-54)73-50)51(3)12-7-6-9-24(51)15-28(35)70-22-67-21-33-38(59)41(62)46(31(19-55)71-33)75-49-43(64)39(60)36(57)29(17-53)72-49/h23-50,53-66H,5-22H2,1-4H3/t23-,24+,25-,26+,27+,28-,29?,30?,31?,32?,33+,34+,35+,36-,37-,38?,39+,40+,41-,42-,43?,44?,45?,46-,47-,48-,49-,50-,51+,52-/m1/s1. The van der Waals surface area contributed by atoms with Crippen molar-refractivity contribution in [2.75, 3.05) is 53.0 Å². The Balaban J connectivity index is 0.914. The van der Waals surface area contributed by atoms with Gasteiger partial charge in [0.2, 0.25) is 0 Å². The lowest BCUT2D eigenvalue weighted by atomic mass is 9.43. The van der Waals surface area contributed by atoms with Gasteiger partial charge in [-0.05, 0) is 79.4 Å². The van der Waals surface area contributed by atoms with Gasteiger partial charge in [0.1, 0.15) is 111 Å². The summed E-state index contributed by atoms with van der Waals surface area (Å²) < 4.78 is 60.2. The first-order valence-corrected chi connectivity index (χ1v) is 27.9. The lowest BCUT2D eigenvalue weighted by Gasteiger charge is -2.64. The molecule has 24 nitrogen and oxygen atoms in total. The van der Waals surface area contributed by atoms with E-state index in [4.69, 9.17) is 47.4 Å². The van der Waals surface area contributed by atoms with E-state index in [9.17, 15) is 71.5 Å². The highest BCUT2D eigenvalue weighted by Gasteiger charge is 2.66. The summed E-state index contributed by atoms with van der Waals surface area (Å²) in [5.74, 6) is 1.75. The number of rotatable bonds is 21. The Morgan fingerprint density at radius 2 is 1.08 bits per heavy atom. The highest BCUT2D eigenvalue weighted by atomic mass is 16.7. The second-order valence-corrected chi connectivity index (χ2v) is 23.6. The Morgan fingerprint density at radius 1 is 0.539 bits per heavy atom. The van der Waals surface area contributed by atoms with E-state index in [1.165, 1.54) is 0 Å². The number of aliphatic hydroxyl groups is 14. The molecule has 14 N–H and O–H groups in total. The zero-order valence-corrected chi connectivity index (χ0v) is 44.2. The van der Waals surface area contributed by atoms with Crippen LogP contribution in [0.25, 0.3) is 0 Å². The second kappa shape index (κ2) is 26.1. The molecule has 8 fully saturated rings. The molecule has 0 aromatic heterocycles. The monoisotopic (exact) mass is 1100 g/mol. The van der Waals surface area contributed by atoms with Crippen molar-refractivity contribution in [2.24, 2.45) is 46.3 Å². The van der Waals surface area contributed by atoms with Gasteiger partial charge in [-0.25, -0.2) is 0 Å². The van der Waals surface area contributed by atoms with Crippen molar-refractivity contribution >= 4 is 0 Å². The molecule has 0 radical (unpaired) electrons. The van der Waals surface area contributed by atoms with Gasteiger partial charge in [0.15, 0.2) is 18.9 Å². The molecule has 4 heterocycles. The first kappa shape index (κ1) is 61.1. The molecule has 4 aliphatic heterocycles. The molecule has 8 rings (SSSR count). The fourth-order valence-electron chi connectivity index (χ4n) is 15.4. The van der Waals surface area contributed by atoms with Crippen molar-refractivity contribution in [3.8, 4) is 0 Å². The minimum Gasteiger partial charge on any atom is -0.394 e. The van der Waals surface area contributed by atoms with Crippen LogP contribution in [0.15, 0.2) is 0 Å². The first-order valence-electron chi connectivity index (χ1n) is 27.9. The fourth-order valence-corrected chi connectivity index (χ4v) is 15.4. The van der Waals surface area contributed by atoms with Crippen LogP contribution in [-0.4, -0.2) is 259 Å². The van der Waals surface area contributed by atoms with Gasteiger partial charge in [-0.3, -0.25) is 0 Å². The summed E-state index contributed by atoms with van der Waals surface area (Å²) >= 11 is 0. The lowest BCUT2D eigenvalue weighted by Crippen LogP contribution is -2.65. The van der Waals surface area contributed by atoms with Gasteiger partial charge >= 0.3 is 0 Å². The third kappa shape index (κ3) is 11.8. The lowest BCUT2D eigenvalue weighted by molar-refractivity contribution is -0.360. The molecule has 0 aromatic rings. The van der Waals surface area contributed by atoms with E-state index in [2.05, 4.69) is 27.7 Å². The minimum atomic E-state index is -1.79. The maximum Gasteiger partial charge on any atom is 0.187 e. The third-order valence-corrected chi connectivity index (χ3v) is 19.5. The van der Waals surface area contributed by atoms with Gasteiger partial charge in [0.05, 0.1) is 58.5 Å². The van der Waals surface area contributed by atoms with Crippen LogP contribution in [0.1, 0.15) is 91.9 Å². The van der Waals surface area contributed by atoms with Crippen LogP contribution in [0.2, 0.25) is 0 Å². The molecular formula is C52H90O24. The predicted molar refractivity (Wildman–Crippen MR) is 259 cm³/mol. The van der Waals surface area contributed by atoms with Crippen LogP contribution >= 0.6 is 0 Å². The van der Waals surface area contributed by atoms with Gasteiger partial charge < -0.3 is 119 Å². The summed E-state index contributed by atoms with van der Waals surface area (Å²) in [5, 5.41) is 147. The molecule has 24 heteroatoms. The fraction of sp³-hybridized carbons (Fsp3) is 1.00. The quantitative estimate of drug-likeness (QED) is 0.0396. The predicted octanol–water partition coefficient (Wildman–Crippen LogP) is -3.26. The molecule has 4 aliphatic carbocycles. The Hall–Kier alpha value is -0.960. The molecule has 442 valence electrons. The van der Waals surface area contributed by atoms with Crippen molar-refractivity contribution in [1.29, 1.82) is 0 Å². The number of hydrogen-bond donors (Lipinski definition) is 14. The zero-order valence-electron chi connectivity index (χ0n) is 44.2. The SMILES string of the molecule is CCC[C@@H](C)[C@H]1CC[C@H]2[C@@H]3[C@H](OCOC[C@@H]4OC(CO)[C@@H](O[C@H]5OC(CO)[C@@H](O)[C@H](O)C5O)[C@H](O)C4O)C[C@@H]4CCCC[C@]4(C)[C@H]3C[C@H](OCCO[C@@H]3OC(CO)[C@@H](O[C@H]4OC(CO)[C@@H](O)[C@H](O)C4O)[C@H](O)C3O)[C@]12C. The number of ether oxygens (including phenoxy) is 10. The molecule has 0 aromatic carbocycles. The molecular weight excluding hydrogens is 1010 g/mol. The zero-order chi connectivity index (χ0) is 55.0. The molecule has 76 heavy (non-hydrogen) atoms. The highest BCUT2D eigenvalue weighted by Crippen LogP contribution is 2.69. The molecule has 8 unspecified atom stereocenters. The second-order valence-electron chi connectivity index (χ2n) is 23.6. The number of aliphatic hydroxyl groups excluding tert-OH is 14. The molecule has 4 saturated heterocycles. The summed E-state index contributed by atoms with van der Waals surface area (Å²) in [4.78, 5) is 0. The van der Waals surface area contributed by atoms with Crippen molar-refractivity contribution in [1.82, 2.24) is 0 Å². The molecule has 4 saturated carbocycles. The molecule has 0 bridgehead atoms. The minimum absolute atomic E-state index is 0.0175. The van der Waals surface area contributed by atoms with E-state index in [0.717, 1.165) is 64.2 Å². The highest BCUT2D eigenvalue weighted by molar-refractivity contribution is 5.15. The van der Waals surface area contributed by atoms with E-state index in [1.54, 1.807) is 0 Å². The Labute approximate surface area is 444 Å². The van der Waals surface area contributed by atoms with Gasteiger partial charge in [-0.2, -0.15) is 0 Å². The van der Waals surface area contributed by atoms with Crippen molar-refractivity contribution < 1.29 is 119 Å². The van der Waals surface area contributed by atoms with Crippen molar-refractivity contribution in [3.05, 3.63) is 0 Å². The van der Waals surface area contributed by atoms with E-state index in [-0.39, 0.29) is 67.4 Å². The van der Waals surface area contributed by atoms with E-state index >= 15 is 0 Å². The van der Waals surface area contributed by atoms with Gasteiger partial charge in [-0.15, -0.1) is 0 Å². The van der Waals surface area contributed by atoms with E-state index < -0.39 is 149 Å². The van der Waals surface area contributed by atoms with E-state index in [1.807, 2.05) is 0 Å². The summed E-state index contributed by atoms with van der Waals surface area (Å²) in [6, 6.07) is 0. The third-order valence-electron chi connectivity index (χ3n) is 19.5. The van der Waals surface area contributed by atoms with Crippen LogP contribution in [0.5, 0.6) is 0 Å². The largest absolute Gasteiger partial charge is 0.394 e. The molecule has 0 amide bonds. The number of fused-ring (bicyclic) bond motifs is 5. The van der Waals surface area contributed by atoms with Crippen LogP contribution in [-0.2, 0) is 47.4 Å². The summed E-state index contributed by atoms with van der Waals surface area (Å²) in [6.07, 6.45) is -21.0. The van der Waals surface area contributed by atoms with Crippen molar-refractivity contribution in [3.63, 3.8) is 0 Å². The van der Waals surface area contributed by atoms with E-state index in [0.29, 0.717) is 17.8 Å².